The van der Waals surface area contributed by atoms with E-state index < -0.39 is 0 Å². The lowest BCUT2D eigenvalue weighted by atomic mass is 10.0. The largest absolute Gasteiger partial charge is 0.358 e. The summed E-state index contributed by atoms with van der Waals surface area (Å²) in [5, 5.41) is 7.76. The predicted molar refractivity (Wildman–Crippen MR) is 139 cm³/mol. The maximum Gasteiger partial charge on any atom is 0.274 e. The van der Waals surface area contributed by atoms with E-state index in [1.807, 2.05) is 24.3 Å². The van der Waals surface area contributed by atoms with Crippen molar-refractivity contribution in [2.75, 3.05) is 10.0 Å². The third kappa shape index (κ3) is 4.88. The molecule has 2 heterocycles. The Morgan fingerprint density at radius 1 is 1.03 bits per heavy atom. The number of hydrogen-bond acceptors (Lipinski definition) is 7. The van der Waals surface area contributed by atoms with E-state index in [2.05, 4.69) is 56.4 Å². The number of nitrogens with zero attached hydrogens (tertiary/aromatic N) is 2. The SMILES string of the molecule is CC1(C(Nc2cccc(NSc3ccc(-c4noc(-c5cccc(=O)[nH]5)n4)cc3)c2)=C2CC2)CC1. The summed E-state index contributed by atoms with van der Waals surface area (Å²) in [6, 6.07) is 21.2. The van der Waals surface area contributed by atoms with Gasteiger partial charge in [-0.3, -0.25) is 4.79 Å². The molecule has 0 radical (unpaired) electrons. The molecule has 2 aromatic carbocycles. The van der Waals surface area contributed by atoms with Crippen LogP contribution in [0, 0.1) is 5.41 Å². The maximum atomic E-state index is 11.5. The van der Waals surface area contributed by atoms with Crippen molar-refractivity contribution in [1.82, 2.24) is 15.1 Å². The van der Waals surface area contributed by atoms with Crippen molar-refractivity contribution in [2.45, 2.75) is 37.5 Å². The van der Waals surface area contributed by atoms with Gasteiger partial charge in [-0.25, -0.2) is 0 Å². The lowest BCUT2D eigenvalue weighted by molar-refractivity contribution is 0.431. The van der Waals surface area contributed by atoms with Crippen LogP contribution in [0.5, 0.6) is 0 Å². The number of nitrogens with one attached hydrogen (secondary N) is 3. The number of hydrogen-bond donors (Lipinski definition) is 3. The number of allylic oxidation sites excluding steroid dienone is 2. The summed E-state index contributed by atoms with van der Waals surface area (Å²) in [5.74, 6) is 0.750. The van der Waals surface area contributed by atoms with E-state index >= 15 is 0 Å². The van der Waals surface area contributed by atoms with Gasteiger partial charge in [-0.05, 0) is 91.7 Å². The minimum atomic E-state index is -0.213. The Morgan fingerprint density at radius 3 is 2.54 bits per heavy atom. The molecule has 0 amide bonds. The van der Waals surface area contributed by atoms with Gasteiger partial charge < -0.3 is 19.5 Å². The van der Waals surface area contributed by atoms with Crippen LogP contribution in [0.25, 0.3) is 23.0 Å². The number of H-pyrrole nitrogens is 1. The molecule has 2 aromatic heterocycles. The monoisotopic (exact) mass is 483 g/mol. The van der Waals surface area contributed by atoms with Gasteiger partial charge in [-0.15, -0.1) is 0 Å². The van der Waals surface area contributed by atoms with Gasteiger partial charge in [-0.1, -0.05) is 24.2 Å². The molecule has 0 unspecified atom stereocenters. The summed E-state index contributed by atoms with van der Waals surface area (Å²) in [5.41, 5.74) is 6.67. The highest BCUT2D eigenvalue weighted by molar-refractivity contribution is 8.00. The third-order valence-electron chi connectivity index (χ3n) is 6.41. The smallest absolute Gasteiger partial charge is 0.274 e. The zero-order valence-electron chi connectivity index (χ0n) is 19.3. The van der Waals surface area contributed by atoms with E-state index in [0.717, 1.165) is 21.8 Å². The van der Waals surface area contributed by atoms with E-state index in [0.29, 0.717) is 16.9 Å². The maximum absolute atomic E-state index is 11.5. The summed E-state index contributed by atoms with van der Waals surface area (Å²) in [6.07, 6.45) is 5.02. The first-order valence-electron chi connectivity index (χ1n) is 11.7. The molecule has 176 valence electrons. The molecule has 2 aliphatic carbocycles. The summed E-state index contributed by atoms with van der Waals surface area (Å²) < 4.78 is 8.76. The van der Waals surface area contributed by atoms with Crippen molar-refractivity contribution in [3.05, 3.63) is 88.4 Å². The molecule has 6 rings (SSSR count). The Labute approximate surface area is 207 Å². The molecule has 0 spiro atoms. The van der Waals surface area contributed by atoms with E-state index in [-0.39, 0.29) is 11.4 Å². The van der Waals surface area contributed by atoms with Gasteiger partial charge in [0.15, 0.2) is 0 Å². The first kappa shape index (κ1) is 21.7. The van der Waals surface area contributed by atoms with Gasteiger partial charge >= 0.3 is 0 Å². The number of aromatic nitrogens is 3. The first-order chi connectivity index (χ1) is 17.1. The Morgan fingerprint density at radius 2 is 1.80 bits per heavy atom. The fraction of sp³-hybridized carbons (Fsp3) is 0.222. The van der Waals surface area contributed by atoms with Gasteiger partial charge in [0.1, 0.15) is 5.69 Å². The van der Waals surface area contributed by atoms with Gasteiger partial charge in [0.25, 0.3) is 5.89 Å². The van der Waals surface area contributed by atoms with Crippen molar-refractivity contribution >= 4 is 23.3 Å². The number of anilines is 2. The second kappa shape index (κ2) is 8.78. The van der Waals surface area contributed by atoms with Crippen LogP contribution in [0.4, 0.5) is 11.4 Å². The molecule has 0 saturated heterocycles. The zero-order chi connectivity index (χ0) is 23.8. The lowest BCUT2D eigenvalue weighted by Gasteiger charge is -2.18. The zero-order valence-corrected chi connectivity index (χ0v) is 20.1. The Hall–Kier alpha value is -3.78. The van der Waals surface area contributed by atoms with Crippen LogP contribution in [-0.4, -0.2) is 15.1 Å². The van der Waals surface area contributed by atoms with Crippen LogP contribution in [0.15, 0.2) is 92.2 Å². The Balaban J connectivity index is 1.10. The second-order valence-electron chi connectivity index (χ2n) is 9.33. The van der Waals surface area contributed by atoms with Gasteiger partial charge in [0.2, 0.25) is 11.4 Å². The van der Waals surface area contributed by atoms with Crippen molar-refractivity contribution in [2.24, 2.45) is 5.41 Å². The minimum Gasteiger partial charge on any atom is -0.358 e. The van der Waals surface area contributed by atoms with E-state index in [1.165, 1.54) is 37.4 Å². The highest BCUT2D eigenvalue weighted by Crippen LogP contribution is 2.55. The van der Waals surface area contributed by atoms with Crippen LogP contribution in [0.3, 0.4) is 0 Å². The van der Waals surface area contributed by atoms with Crippen molar-refractivity contribution in [3.63, 3.8) is 0 Å². The molecular formula is C27H25N5O2S. The molecular weight excluding hydrogens is 458 g/mol. The van der Waals surface area contributed by atoms with Crippen LogP contribution in [0.2, 0.25) is 0 Å². The second-order valence-corrected chi connectivity index (χ2v) is 10.2. The van der Waals surface area contributed by atoms with Gasteiger partial charge in [0.05, 0.1) is 0 Å². The molecule has 0 bridgehead atoms. The van der Waals surface area contributed by atoms with Gasteiger partial charge in [0, 0.05) is 39.0 Å². The fourth-order valence-electron chi connectivity index (χ4n) is 4.03. The Kier molecular flexibility index (Phi) is 5.45. The minimum absolute atomic E-state index is 0.213. The van der Waals surface area contributed by atoms with Crippen LogP contribution < -0.4 is 15.6 Å². The van der Waals surface area contributed by atoms with Crippen molar-refractivity contribution in [1.29, 1.82) is 0 Å². The molecule has 7 nitrogen and oxygen atoms in total. The molecule has 0 atom stereocenters. The average Bonchev–Trinajstić information content (AvgIpc) is 3.80. The predicted octanol–water partition coefficient (Wildman–Crippen LogP) is 6.47. The molecule has 2 aliphatic rings. The van der Waals surface area contributed by atoms with Crippen LogP contribution in [-0.2, 0) is 0 Å². The number of aromatic amines is 1. The molecule has 3 N–H and O–H groups in total. The van der Waals surface area contributed by atoms with Crippen molar-refractivity contribution < 1.29 is 4.52 Å². The molecule has 0 aliphatic heterocycles. The summed E-state index contributed by atoms with van der Waals surface area (Å²) >= 11 is 1.55. The summed E-state index contributed by atoms with van der Waals surface area (Å²) in [7, 11) is 0. The summed E-state index contributed by atoms with van der Waals surface area (Å²) in [4.78, 5) is 19.7. The molecule has 2 saturated carbocycles. The first-order valence-corrected chi connectivity index (χ1v) is 12.5. The highest BCUT2D eigenvalue weighted by atomic mass is 32.2. The van der Waals surface area contributed by atoms with E-state index in [1.54, 1.807) is 29.7 Å². The normalized spacial score (nSPS) is 15.5. The standard InChI is InChI=1S/C27H25N5O2S/c1-27(14-15-27)24(17-8-9-17)28-19-4-2-5-20(16-19)32-35-21-12-10-18(11-13-21)25-30-26(34-31-25)22-6-3-7-23(33)29-22/h2-7,10-13,16,28,32H,8-9,14-15H2,1H3,(H,29,33). The molecule has 8 heteroatoms. The highest BCUT2D eigenvalue weighted by Gasteiger charge is 2.44. The van der Waals surface area contributed by atoms with Gasteiger partial charge in [-0.2, -0.15) is 4.98 Å². The Bertz CT molecular complexity index is 1460. The molecule has 2 fully saturated rings. The topological polar surface area (TPSA) is 95.8 Å². The lowest BCUT2D eigenvalue weighted by Crippen LogP contribution is -2.10. The van der Waals surface area contributed by atoms with Crippen LogP contribution in [0.1, 0.15) is 32.6 Å². The average molecular weight is 484 g/mol. The molecule has 4 aromatic rings. The number of benzene rings is 2. The number of pyridine rings is 1. The quantitative estimate of drug-likeness (QED) is 0.247. The third-order valence-corrected chi connectivity index (χ3v) is 7.26. The number of rotatable bonds is 8. The fourth-order valence-corrected chi connectivity index (χ4v) is 4.67. The molecule has 35 heavy (non-hydrogen) atoms. The van der Waals surface area contributed by atoms with Crippen LogP contribution >= 0.6 is 11.9 Å². The van der Waals surface area contributed by atoms with Crippen molar-refractivity contribution in [3.8, 4) is 23.0 Å². The van der Waals surface area contributed by atoms with E-state index in [9.17, 15) is 4.79 Å². The summed E-state index contributed by atoms with van der Waals surface area (Å²) in [6.45, 7) is 2.36. The van der Waals surface area contributed by atoms with E-state index in [4.69, 9.17) is 4.52 Å².